The molecule has 116 valence electrons. The molecule has 0 unspecified atom stereocenters. The van der Waals surface area contributed by atoms with Gasteiger partial charge in [0.25, 0.3) is 0 Å². The van der Waals surface area contributed by atoms with Crippen LogP contribution in [0.2, 0.25) is 0 Å². The van der Waals surface area contributed by atoms with E-state index in [-0.39, 0.29) is 5.97 Å². The molecule has 0 atom stereocenters. The van der Waals surface area contributed by atoms with Crippen LogP contribution in [0.4, 0.5) is 0 Å². The van der Waals surface area contributed by atoms with Crippen molar-refractivity contribution in [1.29, 1.82) is 0 Å². The Morgan fingerprint density at radius 1 is 1.00 bits per heavy atom. The summed E-state index contributed by atoms with van der Waals surface area (Å²) < 4.78 is 10.7. The highest BCUT2D eigenvalue weighted by atomic mass is 16.5. The molecule has 0 aliphatic rings. The van der Waals surface area contributed by atoms with Crippen LogP contribution in [0.25, 0.3) is 0 Å². The Balaban J connectivity index is 1.92. The van der Waals surface area contributed by atoms with E-state index in [1.165, 1.54) is 5.56 Å². The quantitative estimate of drug-likeness (QED) is 0.733. The molecule has 0 amide bonds. The van der Waals surface area contributed by atoms with Crippen LogP contribution in [0.5, 0.6) is 5.75 Å². The van der Waals surface area contributed by atoms with Crippen molar-refractivity contribution in [2.45, 2.75) is 33.3 Å². The van der Waals surface area contributed by atoms with Crippen LogP contribution in [-0.4, -0.2) is 12.6 Å². The first-order chi connectivity index (χ1) is 10.6. The Hall–Kier alpha value is -2.29. The zero-order chi connectivity index (χ0) is 15.9. The minimum Gasteiger partial charge on any atom is -0.489 e. The van der Waals surface area contributed by atoms with Crippen molar-refractivity contribution in [2.24, 2.45) is 0 Å². The molecular formula is C19H22O3. The molecule has 0 spiro atoms. The van der Waals surface area contributed by atoms with Crippen LogP contribution in [0.15, 0.2) is 48.5 Å². The number of rotatable bonds is 6. The highest BCUT2D eigenvalue weighted by Crippen LogP contribution is 2.17. The molecule has 22 heavy (non-hydrogen) atoms. The lowest BCUT2D eigenvalue weighted by Crippen LogP contribution is -2.04. The number of ether oxygens (including phenoxy) is 2. The van der Waals surface area contributed by atoms with Crippen LogP contribution in [-0.2, 0) is 11.3 Å². The zero-order valence-electron chi connectivity index (χ0n) is 13.3. The summed E-state index contributed by atoms with van der Waals surface area (Å²) in [5.41, 5.74) is 2.98. The van der Waals surface area contributed by atoms with Crippen molar-refractivity contribution in [3.63, 3.8) is 0 Å². The molecule has 0 bridgehead atoms. The molecule has 0 aliphatic heterocycles. The predicted molar refractivity (Wildman–Crippen MR) is 87.3 cm³/mol. The first kappa shape index (κ1) is 16.1. The van der Waals surface area contributed by atoms with E-state index in [9.17, 15) is 4.79 Å². The fourth-order valence-corrected chi connectivity index (χ4v) is 2.07. The first-order valence-corrected chi connectivity index (χ1v) is 7.59. The average molecular weight is 298 g/mol. The van der Waals surface area contributed by atoms with E-state index < -0.39 is 0 Å². The van der Waals surface area contributed by atoms with Gasteiger partial charge in [-0.1, -0.05) is 38.1 Å². The van der Waals surface area contributed by atoms with Gasteiger partial charge in [-0.2, -0.15) is 0 Å². The van der Waals surface area contributed by atoms with Gasteiger partial charge in [-0.3, -0.25) is 0 Å². The van der Waals surface area contributed by atoms with Gasteiger partial charge in [-0.05, 0) is 48.2 Å². The Morgan fingerprint density at radius 2 is 1.64 bits per heavy atom. The van der Waals surface area contributed by atoms with Gasteiger partial charge in [0.2, 0.25) is 0 Å². The summed E-state index contributed by atoms with van der Waals surface area (Å²) in [5.74, 6) is 0.963. The molecule has 3 heteroatoms. The molecule has 0 saturated carbocycles. The molecule has 2 aromatic carbocycles. The summed E-state index contributed by atoms with van der Waals surface area (Å²) in [6, 6.07) is 15.4. The van der Waals surface area contributed by atoms with Crippen molar-refractivity contribution in [2.75, 3.05) is 6.61 Å². The summed E-state index contributed by atoms with van der Waals surface area (Å²) in [4.78, 5) is 11.6. The van der Waals surface area contributed by atoms with Crippen LogP contribution < -0.4 is 4.74 Å². The van der Waals surface area contributed by atoms with Crippen molar-refractivity contribution < 1.29 is 14.3 Å². The molecule has 0 saturated heterocycles. The molecule has 0 aromatic heterocycles. The zero-order valence-corrected chi connectivity index (χ0v) is 13.3. The Bertz CT molecular complexity index is 598. The summed E-state index contributed by atoms with van der Waals surface area (Å²) in [5, 5.41) is 0. The lowest BCUT2D eigenvalue weighted by molar-refractivity contribution is 0.0526. The smallest absolute Gasteiger partial charge is 0.338 e. The van der Waals surface area contributed by atoms with Gasteiger partial charge in [0, 0.05) is 0 Å². The molecule has 3 nitrogen and oxygen atoms in total. The van der Waals surface area contributed by atoms with Crippen molar-refractivity contribution in [3.8, 4) is 5.75 Å². The lowest BCUT2D eigenvalue weighted by atomic mass is 10.0. The van der Waals surface area contributed by atoms with E-state index in [1.54, 1.807) is 31.2 Å². The molecule has 0 radical (unpaired) electrons. The van der Waals surface area contributed by atoms with Gasteiger partial charge >= 0.3 is 5.97 Å². The molecule has 0 fully saturated rings. The molecule has 2 aromatic rings. The molecule has 0 aliphatic carbocycles. The topological polar surface area (TPSA) is 35.5 Å². The average Bonchev–Trinajstić information content (AvgIpc) is 2.54. The fourth-order valence-electron chi connectivity index (χ4n) is 2.07. The Morgan fingerprint density at radius 3 is 2.18 bits per heavy atom. The van der Waals surface area contributed by atoms with E-state index in [0.717, 1.165) is 11.3 Å². The number of carbonyl (C=O) groups excluding carboxylic acids is 1. The summed E-state index contributed by atoms with van der Waals surface area (Å²) in [6.07, 6.45) is 0. The molecule has 0 N–H and O–H groups in total. The number of hydrogen-bond acceptors (Lipinski definition) is 3. The van der Waals surface area contributed by atoms with Crippen molar-refractivity contribution >= 4 is 5.97 Å². The standard InChI is InChI=1S/C19H22O3/c1-4-21-19(20)17-9-11-18(12-10-17)22-13-15-5-7-16(8-6-15)14(2)3/h5-12,14H,4,13H2,1-3H3. The molecule has 2 rings (SSSR count). The number of carbonyl (C=O) groups is 1. The fraction of sp³-hybridized carbons (Fsp3) is 0.316. The summed E-state index contributed by atoms with van der Waals surface area (Å²) in [7, 11) is 0. The first-order valence-electron chi connectivity index (χ1n) is 7.59. The van der Waals surface area contributed by atoms with Crippen LogP contribution in [0, 0.1) is 0 Å². The summed E-state index contributed by atoms with van der Waals surface area (Å²) in [6.45, 7) is 7.04. The van der Waals surface area contributed by atoms with Gasteiger partial charge in [0.1, 0.15) is 12.4 Å². The highest BCUT2D eigenvalue weighted by molar-refractivity contribution is 5.89. The van der Waals surface area contributed by atoms with Crippen LogP contribution in [0.3, 0.4) is 0 Å². The third-order valence-electron chi connectivity index (χ3n) is 3.42. The van der Waals surface area contributed by atoms with Gasteiger partial charge in [0.05, 0.1) is 12.2 Å². The van der Waals surface area contributed by atoms with Gasteiger partial charge in [-0.25, -0.2) is 4.79 Å². The van der Waals surface area contributed by atoms with Gasteiger partial charge in [0.15, 0.2) is 0 Å². The molecule has 0 heterocycles. The van der Waals surface area contributed by atoms with Gasteiger partial charge in [-0.15, -0.1) is 0 Å². The summed E-state index contributed by atoms with van der Waals surface area (Å²) >= 11 is 0. The number of benzene rings is 2. The van der Waals surface area contributed by atoms with E-state index in [1.807, 2.05) is 0 Å². The van der Waals surface area contributed by atoms with E-state index >= 15 is 0 Å². The second-order valence-electron chi connectivity index (χ2n) is 5.43. The lowest BCUT2D eigenvalue weighted by Gasteiger charge is -2.09. The highest BCUT2D eigenvalue weighted by Gasteiger charge is 2.06. The minimum absolute atomic E-state index is 0.307. The van der Waals surface area contributed by atoms with Crippen LogP contribution in [0.1, 0.15) is 48.2 Å². The third kappa shape index (κ3) is 4.35. The number of hydrogen-bond donors (Lipinski definition) is 0. The second-order valence-corrected chi connectivity index (χ2v) is 5.43. The Labute approximate surface area is 131 Å². The third-order valence-corrected chi connectivity index (χ3v) is 3.42. The minimum atomic E-state index is -0.307. The SMILES string of the molecule is CCOC(=O)c1ccc(OCc2ccc(C(C)C)cc2)cc1. The van der Waals surface area contributed by atoms with E-state index in [4.69, 9.17) is 9.47 Å². The maximum absolute atomic E-state index is 11.6. The molecular weight excluding hydrogens is 276 g/mol. The Kier molecular flexibility index (Phi) is 5.59. The normalized spacial score (nSPS) is 10.5. The predicted octanol–water partition coefficient (Wildman–Crippen LogP) is 4.57. The monoisotopic (exact) mass is 298 g/mol. The largest absolute Gasteiger partial charge is 0.489 e. The van der Waals surface area contributed by atoms with Gasteiger partial charge < -0.3 is 9.47 Å². The maximum atomic E-state index is 11.6. The maximum Gasteiger partial charge on any atom is 0.338 e. The van der Waals surface area contributed by atoms with Crippen LogP contribution >= 0.6 is 0 Å². The van der Waals surface area contributed by atoms with E-state index in [2.05, 4.69) is 38.1 Å². The second kappa shape index (κ2) is 7.64. The van der Waals surface area contributed by atoms with Crippen molar-refractivity contribution in [3.05, 3.63) is 65.2 Å². The van der Waals surface area contributed by atoms with E-state index in [0.29, 0.717) is 24.7 Å². The van der Waals surface area contributed by atoms with Crippen molar-refractivity contribution in [1.82, 2.24) is 0 Å². The number of esters is 1.